The minimum atomic E-state index is 0.255. The molecule has 0 fully saturated rings. The molecule has 0 bridgehead atoms. The van der Waals surface area contributed by atoms with Crippen molar-refractivity contribution in [3.05, 3.63) is 23.8 Å². The number of hydrogen-bond donors (Lipinski definition) is 3. The van der Waals surface area contributed by atoms with Crippen molar-refractivity contribution in [2.75, 3.05) is 60.6 Å². The number of phenolic OH excluding ortho intramolecular Hbond substituents is 1. The normalized spacial score (nSPS) is 11.7. The van der Waals surface area contributed by atoms with Crippen LogP contribution in [0.4, 0.5) is 0 Å². The maximum absolute atomic E-state index is 10.0. The third-order valence-electron chi connectivity index (χ3n) is 3.96. The fraction of sp³-hybridized carbons (Fsp3) is 0.632. The number of likely N-dealkylation sites (N-methyl/N-ethyl adjacent to an activating group) is 1. The number of benzene rings is 1. The molecular formula is C19H34N4O3. The monoisotopic (exact) mass is 366 g/mol. The molecule has 0 radical (unpaired) electrons. The van der Waals surface area contributed by atoms with E-state index in [1.54, 1.807) is 20.3 Å². The lowest BCUT2D eigenvalue weighted by Crippen LogP contribution is -2.39. The Morgan fingerprint density at radius 1 is 1.23 bits per heavy atom. The number of phenols is 1. The van der Waals surface area contributed by atoms with Crippen molar-refractivity contribution in [2.24, 2.45) is 4.99 Å². The van der Waals surface area contributed by atoms with Crippen LogP contribution in [0.1, 0.15) is 18.9 Å². The number of rotatable bonds is 12. The predicted molar refractivity (Wildman–Crippen MR) is 106 cm³/mol. The molecule has 1 aromatic carbocycles. The van der Waals surface area contributed by atoms with Gasteiger partial charge in [0.15, 0.2) is 5.96 Å². The van der Waals surface area contributed by atoms with Crippen molar-refractivity contribution in [1.82, 2.24) is 15.5 Å². The quantitative estimate of drug-likeness (QED) is 0.295. The summed E-state index contributed by atoms with van der Waals surface area (Å²) in [4.78, 5) is 6.85. The van der Waals surface area contributed by atoms with E-state index >= 15 is 0 Å². The summed E-state index contributed by atoms with van der Waals surface area (Å²) in [6.07, 6.45) is 1.73. The van der Waals surface area contributed by atoms with Crippen molar-refractivity contribution < 1.29 is 14.6 Å². The molecule has 0 aliphatic heterocycles. The van der Waals surface area contributed by atoms with Gasteiger partial charge in [-0.15, -0.1) is 0 Å². The first-order chi connectivity index (χ1) is 12.6. The average molecular weight is 367 g/mol. The maximum Gasteiger partial charge on any atom is 0.191 e. The molecule has 0 amide bonds. The van der Waals surface area contributed by atoms with Crippen LogP contribution in [-0.4, -0.2) is 76.6 Å². The summed E-state index contributed by atoms with van der Waals surface area (Å²) >= 11 is 0. The highest BCUT2D eigenvalue weighted by Crippen LogP contribution is 2.23. The molecular weight excluding hydrogens is 332 g/mol. The molecule has 0 heterocycles. The molecule has 0 aliphatic carbocycles. The first-order valence-corrected chi connectivity index (χ1v) is 9.16. The van der Waals surface area contributed by atoms with Crippen LogP contribution in [0.2, 0.25) is 0 Å². The molecule has 3 N–H and O–H groups in total. The Bertz CT molecular complexity index is 538. The molecule has 1 aromatic rings. The Morgan fingerprint density at radius 2 is 2.04 bits per heavy atom. The smallest absolute Gasteiger partial charge is 0.191 e. The predicted octanol–water partition coefficient (Wildman–Crippen LogP) is 1.47. The van der Waals surface area contributed by atoms with Gasteiger partial charge >= 0.3 is 0 Å². The summed E-state index contributed by atoms with van der Waals surface area (Å²) in [5.74, 6) is 1.71. The maximum atomic E-state index is 10.0. The fourth-order valence-corrected chi connectivity index (χ4v) is 2.46. The van der Waals surface area contributed by atoms with Gasteiger partial charge in [-0.1, -0.05) is 6.07 Å². The van der Waals surface area contributed by atoms with Gasteiger partial charge in [0.1, 0.15) is 11.5 Å². The Balaban J connectivity index is 2.39. The van der Waals surface area contributed by atoms with Gasteiger partial charge in [-0.2, -0.15) is 0 Å². The molecule has 0 aromatic heterocycles. The van der Waals surface area contributed by atoms with Crippen LogP contribution in [0.3, 0.4) is 0 Å². The number of nitrogens with zero attached hydrogens (tertiary/aromatic N) is 2. The van der Waals surface area contributed by atoms with Crippen molar-refractivity contribution in [3.63, 3.8) is 0 Å². The van der Waals surface area contributed by atoms with Gasteiger partial charge in [0.2, 0.25) is 0 Å². The van der Waals surface area contributed by atoms with Gasteiger partial charge < -0.3 is 30.1 Å². The molecule has 26 heavy (non-hydrogen) atoms. The Labute approximate surface area is 157 Å². The minimum absolute atomic E-state index is 0.255. The van der Waals surface area contributed by atoms with Crippen molar-refractivity contribution in [1.29, 1.82) is 0 Å². The molecule has 1 rings (SSSR count). The second kappa shape index (κ2) is 13.2. The second-order valence-corrected chi connectivity index (χ2v) is 6.08. The zero-order valence-corrected chi connectivity index (χ0v) is 16.5. The average Bonchev–Trinajstić information content (AvgIpc) is 2.63. The molecule has 7 heteroatoms. The number of ether oxygens (including phenoxy) is 2. The van der Waals surface area contributed by atoms with E-state index in [1.165, 1.54) is 0 Å². The highest BCUT2D eigenvalue weighted by molar-refractivity contribution is 5.79. The number of guanidine groups is 1. The number of hydrogen-bond acceptors (Lipinski definition) is 5. The summed E-state index contributed by atoms with van der Waals surface area (Å²) in [5.41, 5.74) is 0.882. The Morgan fingerprint density at radius 3 is 2.69 bits per heavy atom. The first kappa shape index (κ1) is 22.1. The first-order valence-electron chi connectivity index (χ1n) is 9.16. The number of aliphatic imine (C=N–C) groups is 1. The molecule has 0 saturated carbocycles. The molecule has 0 saturated heterocycles. The van der Waals surface area contributed by atoms with Crippen LogP contribution in [-0.2, 0) is 11.2 Å². The van der Waals surface area contributed by atoms with Crippen molar-refractivity contribution in [2.45, 2.75) is 19.8 Å². The summed E-state index contributed by atoms with van der Waals surface area (Å²) in [6, 6.07) is 5.37. The summed E-state index contributed by atoms with van der Waals surface area (Å²) in [5, 5.41) is 16.6. The van der Waals surface area contributed by atoms with Crippen LogP contribution >= 0.6 is 0 Å². The largest absolute Gasteiger partial charge is 0.508 e. The number of nitrogens with one attached hydrogen (secondary N) is 2. The van der Waals surface area contributed by atoms with Crippen molar-refractivity contribution in [3.8, 4) is 11.5 Å². The van der Waals surface area contributed by atoms with E-state index in [2.05, 4.69) is 27.6 Å². The van der Waals surface area contributed by atoms with Crippen LogP contribution in [0.15, 0.2) is 23.2 Å². The number of methoxy groups -OCH3 is 2. The highest BCUT2D eigenvalue weighted by atomic mass is 16.5. The van der Waals surface area contributed by atoms with Gasteiger partial charge in [-0.05, 0) is 38.4 Å². The van der Waals surface area contributed by atoms with Crippen molar-refractivity contribution >= 4 is 5.96 Å². The van der Waals surface area contributed by atoms with Crippen LogP contribution in [0, 0.1) is 0 Å². The van der Waals surface area contributed by atoms with E-state index in [4.69, 9.17) is 9.47 Å². The zero-order chi connectivity index (χ0) is 19.2. The van der Waals surface area contributed by atoms with E-state index < -0.39 is 0 Å². The Kier molecular flexibility index (Phi) is 11.2. The highest BCUT2D eigenvalue weighted by Gasteiger charge is 2.04. The zero-order valence-electron chi connectivity index (χ0n) is 16.5. The van der Waals surface area contributed by atoms with Gasteiger partial charge in [0.25, 0.3) is 0 Å². The van der Waals surface area contributed by atoms with Crippen LogP contribution in [0.25, 0.3) is 0 Å². The van der Waals surface area contributed by atoms with E-state index in [9.17, 15) is 5.11 Å². The lowest BCUT2D eigenvalue weighted by atomic mass is 10.1. The Hall–Kier alpha value is -1.99. The molecule has 148 valence electrons. The van der Waals surface area contributed by atoms with E-state index in [0.717, 1.165) is 50.7 Å². The lowest BCUT2D eigenvalue weighted by Gasteiger charge is -2.16. The van der Waals surface area contributed by atoms with Gasteiger partial charge in [0, 0.05) is 46.0 Å². The van der Waals surface area contributed by atoms with Crippen LogP contribution < -0.4 is 15.4 Å². The molecule has 0 atom stereocenters. The summed E-state index contributed by atoms with van der Waals surface area (Å²) < 4.78 is 10.2. The van der Waals surface area contributed by atoms with E-state index in [-0.39, 0.29) is 5.75 Å². The van der Waals surface area contributed by atoms with E-state index in [1.807, 2.05) is 19.1 Å². The second-order valence-electron chi connectivity index (χ2n) is 6.08. The fourth-order valence-electron chi connectivity index (χ4n) is 2.46. The summed E-state index contributed by atoms with van der Waals surface area (Å²) in [6.45, 7) is 6.97. The van der Waals surface area contributed by atoms with Gasteiger partial charge in [-0.25, -0.2) is 0 Å². The lowest BCUT2D eigenvalue weighted by molar-refractivity contribution is 0.180. The third kappa shape index (κ3) is 8.92. The summed E-state index contributed by atoms with van der Waals surface area (Å²) in [7, 11) is 5.41. The van der Waals surface area contributed by atoms with Gasteiger partial charge in [-0.3, -0.25) is 4.99 Å². The minimum Gasteiger partial charge on any atom is -0.508 e. The van der Waals surface area contributed by atoms with Crippen LogP contribution in [0.5, 0.6) is 11.5 Å². The van der Waals surface area contributed by atoms with E-state index in [0.29, 0.717) is 18.7 Å². The molecule has 0 unspecified atom stereocenters. The molecule has 0 aliphatic rings. The number of aromatic hydroxyl groups is 1. The molecule has 7 nitrogen and oxygen atoms in total. The van der Waals surface area contributed by atoms with Gasteiger partial charge in [0.05, 0.1) is 13.7 Å². The standard InChI is InChI=1S/C19H34N4O3/c1-5-20-19(22-11-13-23(2)12-6-14-25-3)21-10-9-16-7-8-17(26-4)15-18(16)24/h7-8,15,24H,5-6,9-14H2,1-4H3,(H2,20,21,22). The third-order valence-corrected chi connectivity index (χ3v) is 3.96. The molecule has 0 spiro atoms. The topological polar surface area (TPSA) is 78.4 Å². The SMILES string of the molecule is CCNC(=NCCN(C)CCCOC)NCCc1ccc(OC)cc1O.